The SMILES string of the molecule is OC(c1ccnc(Cl)c1)C1CCOC1. The number of aliphatic hydroxyl groups excluding tert-OH is 1. The molecule has 2 heterocycles. The summed E-state index contributed by atoms with van der Waals surface area (Å²) in [5, 5.41) is 10.4. The Labute approximate surface area is 87.7 Å². The van der Waals surface area contributed by atoms with Crippen LogP contribution in [0.25, 0.3) is 0 Å². The van der Waals surface area contributed by atoms with Crippen molar-refractivity contribution in [2.24, 2.45) is 5.92 Å². The van der Waals surface area contributed by atoms with Crippen LogP contribution in [0.5, 0.6) is 0 Å². The van der Waals surface area contributed by atoms with Crippen molar-refractivity contribution >= 4 is 11.6 Å². The van der Waals surface area contributed by atoms with Crippen molar-refractivity contribution in [3.8, 4) is 0 Å². The van der Waals surface area contributed by atoms with Crippen LogP contribution in [0.2, 0.25) is 5.15 Å². The third-order valence-corrected chi connectivity index (χ3v) is 2.71. The molecule has 4 heteroatoms. The summed E-state index contributed by atoms with van der Waals surface area (Å²) in [7, 11) is 0. The summed E-state index contributed by atoms with van der Waals surface area (Å²) in [6.45, 7) is 1.36. The number of halogens is 1. The lowest BCUT2D eigenvalue weighted by Crippen LogP contribution is -2.12. The summed E-state index contributed by atoms with van der Waals surface area (Å²) < 4.78 is 5.22. The fraction of sp³-hybridized carbons (Fsp3) is 0.500. The third-order valence-electron chi connectivity index (χ3n) is 2.50. The normalized spacial score (nSPS) is 23.7. The molecule has 3 nitrogen and oxygen atoms in total. The van der Waals surface area contributed by atoms with Gasteiger partial charge in [-0.25, -0.2) is 4.98 Å². The topological polar surface area (TPSA) is 42.4 Å². The second kappa shape index (κ2) is 4.26. The molecule has 14 heavy (non-hydrogen) atoms. The molecule has 0 bridgehead atoms. The highest BCUT2D eigenvalue weighted by molar-refractivity contribution is 6.29. The number of rotatable bonds is 2. The number of aliphatic hydroxyl groups is 1. The number of nitrogens with zero attached hydrogens (tertiary/aromatic N) is 1. The first kappa shape index (κ1) is 9.90. The zero-order chi connectivity index (χ0) is 9.97. The molecule has 0 spiro atoms. The van der Waals surface area contributed by atoms with Gasteiger partial charge in [0.15, 0.2) is 0 Å². The van der Waals surface area contributed by atoms with Crippen molar-refractivity contribution in [3.63, 3.8) is 0 Å². The van der Waals surface area contributed by atoms with E-state index >= 15 is 0 Å². The predicted molar refractivity (Wildman–Crippen MR) is 53.1 cm³/mol. The number of hydrogen-bond acceptors (Lipinski definition) is 3. The van der Waals surface area contributed by atoms with E-state index in [0.717, 1.165) is 18.6 Å². The van der Waals surface area contributed by atoms with Gasteiger partial charge >= 0.3 is 0 Å². The lowest BCUT2D eigenvalue weighted by atomic mass is 9.96. The second-order valence-electron chi connectivity index (χ2n) is 3.48. The molecule has 2 atom stereocenters. The average molecular weight is 214 g/mol. The van der Waals surface area contributed by atoms with Gasteiger partial charge in [-0.1, -0.05) is 11.6 Å². The van der Waals surface area contributed by atoms with Gasteiger partial charge in [-0.3, -0.25) is 0 Å². The summed E-state index contributed by atoms with van der Waals surface area (Å²) >= 11 is 5.74. The summed E-state index contributed by atoms with van der Waals surface area (Å²) in [5.41, 5.74) is 0.820. The maximum Gasteiger partial charge on any atom is 0.129 e. The fourth-order valence-corrected chi connectivity index (χ4v) is 1.86. The van der Waals surface area contributed by atoms with Crippen LogP contribution in [0.4, 0.5) is 0 Å². The van der Waals surface area contributed by atoms with Gasteiger partial charge in [0.05, 0.1) is 12.7 Å². The number of aromatic nitrogens is 1. The molecule has 1 aliphatic rings. The van der Waals surface area contributed by atoms with E-state index in [9.17, 15) is 5.11 Å². The largest absolute Gasteiger partial charge is 0.388 e. The van der Waals surface area contributed by atoms with E-state index in [0.29, 0.717) is 11.8 Å². The molecular formula is C10H12ClNO2. The second-order valence-corrected chi connectivity index (χ2v) is 3.87. The molecule has 1 saturated heterocycles. The zero-order valence-corrected chi connectivity index (χ0v) is 8.44. The van der Waals surface area contributed by atoms with Crippen LogP contribution in [0.15, 0.2) is 18.3 Å². The van der Waals surface area contributed by atoms with Gasteiger partial charge in [0.2, 0.25) is 0 Å². The standard InChI is InChI=1S/C10H12ClNO2/c11-9-5-7(1-3-12-9)10(13)8-2-4-14-6-8/h1,3,5,8,10,13H,2,4,6H2. The van der Waals surface area contributed by atoms with Gasteiger partial charge in [-0.2, -0.15) is 0 Å². The Bertz CT molecular complexity index is 313. The van der Waals surface area contributed by atoms with E-state index in [-0.39, 0.29) is 5.92 Å². The van der Waals surface area contributed by atoms with Crippen LogP contribution in [0.3, 0.4) is 0 Å². The predicted octanol–water partition coefficient (Wildman–Crippen LogP) is 1.80. The van der Waals surface area contributed by atoms with E-state index in [1.165, 1.54) is 0 Å². The zero-order valence-electron chi connectivity index (χ0n) is 7.69. The van der Waals surface area contributed by atoms with Crippen molar-refractivity contribution in [1.29, 1.82) is 0 Å². The molecule has 0 radical (unpaired) electrons. The Hall–Kier alpha value is -0.640. The van der Waals surface area contributed by atoms with Gasteiger partial charge in [0, 0.05) is 18.7 Å². The molecule has 2 unspecified atom stereocenters. The lowest BCUT2D eigenvalue weighted by Gasteiger charge is -2.16. The highest BCUT2D eigenvalue weighted by atomic mass is 35.5. The number of hydrogen-bond donors (Lipinski definition) is 1. The quantitative estimate of drug-likeness (QED) is 0.762. The minimum Gasteiger partial charge on any atom is -0.388 e. The van der Waals surface area contributed by atoms with Crippen molar-refractivity contribution in [3.05, 3.63) is 29.0 Å². The molecule has 1 N–H and O–H groups in total. The van der Waals surface area contributed by atoms with Crippen LogP contribution in [-0.2, 0) is 4.74 Å². The average Bonchev–Trinajstić information content (AvgIpc) is 2.69. The molecule has 0 amide bonds. The van der Waals surface area contributed by atoms with E-state index in [1.807, 2.05) is 0 Å². The highest BCUT2D eigenvalue weighted by Crippen LogP contribution is 2.28. The van der Waals surface area contributed by atoms with Crippen LogP contribution < -0.4 is 0 Å². The van der Waals surface area contributed by atoms with Gasteiger partial charge in [-0.05, 0) is 24.1 Å². The Balaban J connectivity index is 2.13. The van der Waals surface area contributed by atoms with Crippen molar-refractivity contribution < 1.29 is 9.84 Å². The monoisotopic (exact) mass is 213 g/mol. The smallest absolute Gasteiger partial charge is 0.129 e. The molecule has 0 aliphatic carbocycles. The third kappa shape index (κ3) is 2.05. The van der Waals surface area contributed by atoms with Crippen molar-refractivity contribution in [2.75, 3.05) is 13.2 Å². The molecule has 1 aliphatic heterocycles. The first-order valence-electron chi connectivity index (χ1n) is 4.64. The molecule has 1 aromatic heterocycles. The van der Waals surface area contributed by atoms with Crippen LogP contribution in [0.1, 0.15) is 18.1 Å². The minimum absolute atomic E-state index is 0.188. The molecule has 0 saturated carbocycles. The van der Waals surface area contributed by atoms with E-state index in [4.69, 9.17) is 16.3 Å². The fourth-order valence-electron chi connectivity index (χ4n) is 1.68. The first-order chi connectivity index (χ1) is 6.77. The maximum atomic E-state index is 9.98. The Kier molecular flexibility index (Phi) is 3.01. The van der Waals surface area contributed by atoms with Gasteiger partial charge < -0.3 is 9.84 Å². The Morgan fingerprint density at radius 3 is 3.14 bits per heavy atom. The maximum absolute atomic E-state index is 9.98. The highest BCUT2D eigenvalue weighted by Gasteiger charge is 2.25. The molecule has 2 rings (SSSR count). The molecule has 76 valence electrons. The van der Waals surface area contributed by atoms with E-state index in [2.05, 4.69) is 4.98 Å². The van der Waals surface area contributed by atoms with Crippen LogP contribution >= 0.6 is 11.6 Å². The summed E-state index contributed by atoms with van der Waals surface area (Å²) in [6, 6.07) is 3.49. The van der Waals surface area contributed by atoms with Crippen molar-refractivity contribution in [1.82, 2.24) is 4.98 Å². The van der Waals surface area contributed by atoms with Crippen LogP contribution in [-0.4, -0.2) is 23.3 Å². The van der Waals surface area contributed by atoms with Crippen LogP contribution in [0, 0.1) is 5.92 Å². The molecular weight excluding hydrogens is 202 g/mol. The molecule has 0 aromatic carbocycles. The molecule has 1 aromatic rings. The minimum atomic E-state index is -0.488. The van der Waals surface area contributed by atoms with E-state index < -0.39 is 6.10 Å². The lowest BCUT2D eigenvalue weighted by molar-refractivity contribution is 0.0917. The first-order valence-corrected chi connectivity index (χ1v) is 5.02. The Morgan fingerprint density at radius 2 is 2.50 bits per heavy atom. The van der Waals surface area contributed by atoms with Gasteiger partial charge in [0.25, 0.3) is 0 Å². The Morgan fingerprint density at radius 1 is 1.64 bits per heavy atom. The molecule has 1 fully saturated rings. The van der Waals surface area contributed by atoms with Gasteiger partial charge in [-0.15, -0.1) is 0 Å². The summed E-state index contributed by atoms with van der Waals surface area (Å²) in [6.07, 6.45) is 2.02. The van der Waals surface area contributed by atoms with Crippen molar-refractivity contribution in [2.45, 2.75) is 12.5 Å². The number of pyridine rings is 1. The van der Waals surface area contributed by atoms with E-state index in [1.54, 1.807) is 18.3 Å². The van der Waals surface area contributed by atoms with Gasteiger partial charge in [0.1, 0.15) is 5.15 Å². The summed E-state index contributed by atoms with van der Waals surface area (Å²) in [5.74, 6) is 0.188. The summed E-state index contributed by atoms with van der Waals surface area (Å²) in [4.78, 5) is 3.87. The number of ether oxygens (including phenoxy) is 1.